The number of nitrogens with zero attached hydrogens (tertiary/aromatic N) is 1. The zero-order valence-electron chi connectivity index (χ0n) is 16.0. The second-order valence-electron chi connectivity index (χ2n) is 9.33. The Labute approximate surface area is 147 Å². The van der Waals surface area contributed by atoms with Gasteiger partial charge >= 0.3 is 0 Å². The van der Waals surface area contributed by atoms with Crippen molar-refractivity contribution < 1.29 is 4.74 Å². The first-order chi connectivity index (χ1) is 11.4. The van der Waals surface area contributed by atoms with Gasteiger partial charge < -0.3 is 4.74 Å². The van der Waals surface area contributed by atoms with Gasteiger partial charge in [0, 0.05) is 23.4 Å². The van der Waals surface area contributed by atoms with E-state index in [9.17, 15) is 0 Å². The molecule has 0 N–H and O–H groups in total. The summed E-state index contributed by atoms with van der Waals surface area (Å²) in [4.78, 5) is 2.69. The highest BCUT2D eigenvalue weighted by Crippen LogP contribution is 2.53. The van der Waals surface area contributed by atoms with Crippen molar-refractivity contribution in [2.75, 3.05) is 6.54 Å². The maximum Gasteiger partial charge on any atom is 0.137 e. The Balaban J connectivity index is 1.79. The van der Waals surface area contributed by atoms with Crippen LogP contribution in [0.3, 0.4) is 0 Å². The highest BCUT2D eigenvalue weighted by atomic mass is 16.5. The van der Waals surface area contributed by atoms with Gasteiger partial charge in [-0.1, -0.05) is 51.5 Å². The number of hydrogen-bond donors (Lipinski definition) is 0. The Morgan fingerprint density at radius 2 is 1.92 bits per heavy atom. The predicted octanol–water partition coefficient (Wildman–Crippen LogP) is 5.28. The van der Waals surface area contributed by atoms with Gasteiger partial charge in [-0.15, -0.1) is 0 Å². The van der Waals surface area contributed by atoms with E-state index in [2.05, 4.69) is 63.8 Å². The Morgan fingerprint density at radius 3 is 2.67 bits per heavy atom. The van der Waals surface area contributed by atoms with E-state index >= 15 is 0 Å². The van der Waals surface area contributed by atoms with E-state index in [1.54, 1.807) is 0 Å². The Morgan fingerprint density at radius 1 is 1.17 bits per heavy atom. The molecule has 2 heterocycles. The summed E-state index contributed by atoms with van der Waals surface area (Å²) < 4.78 is 6.79. The lowest BCUT2D eigenvalue weighted by Gasteiger charge is -2.61. The average Bonchev–Trinajstić information content (AvgIpc) is 2.56. The summed E-state index contributed by atoms with van der Waals surface area (Å²) >= 11 is 0. The van der Waals surface area contributed by atoms with Crippen molar-refractivity contribution in [3.05, 3.63) is 35.4 Å². The monoisotopic (exact) mass is 327 g/mol. The molecule has 132 valence electrons. The standard InChI is InChI=1S/C22H33NO/c1-6-22(5)14-23-20(16-9-7-8-10-17(16)22)24-19-13-15(2)11-12-18(19)21(23,3)4/h7-10,15,18-20H,6,11-14H2,1-5H3/t15-,18?,19?,20+,22-/m1/s1. The van der Waals surface area contributed by atoms with Crippen LogP contribution >= 0.6 is 0 Å². The van der Waals surface area contributed by atoms with E-state index in [0.29, 0.717) is 12.0 Å². The largest absolute Gasteiger partial charge is 0.355 e. The quantitative estimate of drug-likeness (QED) is 0.695. The molecule has 4 rings (SSSR count). The fourth-order valence-electron chi connectivity index (χ4n) is 5.59. The van der Waals surface area contributed by atoms with Gasteiger partial charge in [0.25, 0.3) is 0 Å². The van der Waals surface area contributed by atoms with Gasteiger partial charge in [0.2, 0.25) is 0 Å². The Kier molecular flexibility index (Phi) is 3.85. The van der Waals surface area contributed by atoms with Crippen LogP contribution in [0.2, 0.25) is 0 Å². The Hall–Kier alpha value is -0.860. The second-order valence-corrected chi connectivity index (χ2v) is 9.33. The first-order valence-electron chi connectivity index (χ1n) is 9.88. The van der Waals surface area contributed by atoms with E-state index in [4.69, 9.17) is 4.74 Å². The molecule has 2 unspecified atom stereocenters. The maximum absolute atomic E-state index is 6.79. The predicted molar refractivity (Wildman–Crippen MR) is 99.0 cm³/mol. The fourth-order valence-corrected chi connectivity index (χ4v) is 5.59. The molecule has 0 bridgehead atoms. The summed E-state index contributed by atoms with van der Waals surface area (Å²) in [5.41, 5.74) is 3.35. The minimum atomic E-state index is 0.141. The number of fused-ring (bicyclic) bond motifs is 4. The molecule has 1 saturated carbocycles. The normalized spacial score (nSPS) is 41.2. The molecule has 1 aromatic rings. The smallest absolute Gasteiger partial charge is 0.137 e. The highest BCUT2D eigenvalue weighted by Gasteiger charge is 2.54. The second kappa shape index (κ2) is 5.57. The van der Waals surface area contributed by atoms with Crippen LogP contribution in [-0.4, -0.2) is 23.1 Å². The molecule has 0 aromatic heterocycles. The molecule has 0 radical (unpaired) electrons. The third-order valence-corrected chi connectivity index (χ3v) is 7.47. The van der Waals surface area contributed by atoms with Gasteiger partial charge in [-0.25, -0.2) is 0 Å². The number of rotatable bonds is 1. The number of hydrogen-bond acceptors (Lipinski definition) is 2. The molecule has 5 atom stereocenters. The molecule has 2 aliphatic heterocycles. The first-order valence-corrected chi connectivity index (χ1v) is 9.88. The van der Waals surface area contributed by atoms with Crippen LogP contribution < -0.4 is 0 Å². The average molecular weight is 328 g/mol. The van der Waals surface area contributed by atoms with Crippen molar-refractivity contribution >= 4 is 0 Å². The van der Waals surface area contributed by atoms with E-state index in [1.165, 1.54) is 36.8 Å². The summed E-state index contributed by atoms with van der Waals surface area (Å²) in [6.07, 6.45) is 5.63. The molecular formula is C22H33NO. The summed E-state index contributed by atoms with van der Waals surface area (Å²) in [5.74, 6) is 1.46. The lowest BCUT2D eigenvalue weighted by atomic mass is 9.66. The van der Waals surface area contributed by atoms with Crippen molar-refractivity contribution in [2.45, 2.75) is 83.6 Å². The van der Waals surface area contributed by atoms with E-state index in [0.717, 1.165) is 12.5 Å². The van der Waals surface area contributed by atoms with Gasteiger partial charge in [-0.05, 0) is 50.2 Å². The maximum atomic E-state index is 6.79. The molecule has 1 aromatic carbocycles. The lowest BCUT2D eigenvalue weighted by molar-refractivity contribution is -0.246. The van der Waals surface area contributed by atoms with Gasteiger partial charge in [-0.2, -0.15) is 0 Å². The van der Waals surface area contributed by atoms with Crippen LogP contribution in [0.15, 0.2) is 24.3 Å². The van der Waals surface area contributed by atoms with Crippen molar-refractivity contribution in [1.29, 1.82) is 0 Å². The molecule has 2 fully saturated rings. The molecule has 24 heavy (non-hydrogen) atoms. The highest BCUT2D eigenvalue weighted by molar-refractivity contribution is 5.39. The zero-order valence-corrected chi connectivity index (χ0v) is 16.0. The molecule has 0 spiro atoms. The molecule has 2 nitrogen and oxygen atoms in total. The van der Waals surface area contributed by atoms with E-state index in [-0.39, 0.29) is 17.2 Å². The molecule has 1 aliphatic carbocycles. The first kappa shape index (κ1) is 16.6. The minimum Gasteiger partial charge on any atom is -0.355 e. The van der Waals surface area contributed by atoms with Crippen LogP contribution in [0.4, 0.5) is 0 Å². The molecule has 3 aliphatic rings. The molecular weight excluding hydrogens is 294 g/mol. The van der Waals surface area contributed by atoms with Crippen LogP contribution in [0.25, 0.3) is 0 Å². The molecule has 1 saturated heterocycles. The summed E-state index contributed by atoms with van der Waals surface area (Å²) in [7, 11) is 0. The number of benzene rings is 1. The van der Waals surface area contributed by atoms with E-state index in [1.807, 2.05) is 0 Å². The van der Waals surface area contributed by atoms with Crippen LogP contribution in [-0.2, 0) is 10.2 Å². The summed E-state index contributed by atoms with van der Waals surface area (Å²) in [5, 5.41) is 0. The lowest BCUT2D eigenvalue weighted by Crippen LogP contribution is -2.65. The van der Waals surface area contributed by atoms with E-state index < -0.39 is 0 Å². The van der Waals surface area contributed by atoms with Crippen molar-refractivity contribution in [3.8, 4) is 0 Å². The summed E-state index contributed by atoms with van der Waals surface area (Å²) in [6.45, 7) is 13.2. The Bertz CT molecular complexity index is 624. The zero-order chi connectivity index (χ0) is 17.1. The minimum absolute atomic E-state index is 0.141. The molecule has 2 heteroatoms. The summed E-state index contributed by atoms with van der Waals surface area (Å²) in [6, 6.07) is 9.02. The SMILES string of the molecule is CC[C@]1(C)CN2[C@@H](OC3C[C@H](C)CCC3C2(C)C)c2ccccc21. The topological polar surface area (TPSA) is 12.5 Å². The third kappa shape index (κ3) is 2.29. The fraction of sp³-hybridized carbons (Fsp3) is 0.727. The molecule has 0 amide bonds. The van der Waals surface area contributed by atoms with Crippen molar-refractivity contribution in [1.82, 2.24) is 4.90 Å². The van der Waals surface area contributed by atoms with Crippen LogP contribution in [0.5, 0.6) is 0 Å². The van der Waals surface area contributed by atoms with Crippen molar-refractivity contribution in [3.63, 3.8) is 0 Å². The van der Waals surface area contributed by atoms with Gasteiger partial charge in [0.05, 0.1) is 6.10 Å². The number of ether oxygens (including phenoxy) is 1. The van der Waals surface area contributed by atoms with Crippen LogP contribution in [0, 0.1) is 11.8 Å². The van der Waals surface area contributed by atoms with Gasteiger partial charge in [0.15, 0.2) is 0 Å². The third-order valence-electron chi connectivity index (χ3n) is 7.47. The van der Waals surface area contributed by atoms with Gasteiger partial charge in [-0.3, -0.25) is 4.90 Å². The van der Waals surface area contributed by atoms with Crippen molar-refractivity contribution in [2.24, 2.45) is 11.8 Å². The van der Waals surface area contributed by atoms with Crippen LogP contribution in [0.1, 0.15) is 77.7 Å². The van der Waals surface area contributed by atoms with Gasteiger partial charge in [0.1, 0.15) is 6.23 Å².